The number of carbonyl (C=O) groups excluding carboxylic acids is 1. The van der Waals surface area contributed by atoms with Crippen LogP contribution in [-0.4, -0.2) is 25.6 Å². The van der Waals surface area contributed by atoms with Crippen molar-refractivity contribution in [1.82, 2.24) is 4.98 Å². The highest BCUT2D eigenvalue weighted by atomic mass is 32.2. The van der Waals surface area contributed by atoms with Gasteiger partial charge in [-0.3, -0.25) is 4.79 Å². The van der Waals surface area contributed by atoms with Crippen molar-refractivity contribution in [2.24, 2.45) is 0 Å². The van der Waals surface area contributed by atoms with Crippen LogP contribution in [0.2, 0.25) is 0 Å². The first-order valence-corrected chi connectivity index (χ1v) is 10.7. The molecule has 156 valence electrons. The van der Waals surface area contributed by atoms with E-state index in [-0.39, 0.29) is 22.0 Å². The molecule has 0 aliphatic carbocycles. The van der Waals surface area contributed by atoms with E-state index in [1.54, 1.807) is 18.2 Å². The summed E-state index contributed by atoms with van der Waals surface area (Å²) in [6, 6.07) is 13.0. The smallest absolute Gasteiger partial charge is 0.274 e. The number of amides is 1. The number of hydrogen-bond donors (Lipinski definition) is 1. The van der Waals surface area contributed by atoms with Crippen LogP contribution >= 0.6 is 0 Å². The van der Waals surface area contributed by atoms with E-state index < -0.39 is 33.0 Å². The van der Waals surface area contributed by atoms with Gasteiger partial charge in [-0.2, -0.15) is 0 Å². The van der Waals surface area contributed by atoms with Gasteiger partial charge in [0.25, 0.3) is 5.91 Å². The van der Waals surface area contributed by atoms with E-state index in [0.717, 1.165) is 18.4 Å². The van der Waals surface area contributed by atoms with Crippen molar-refractivity contribution in [3.63, 3.8) is 0 Å². The van der Waals surface area contributed by atoms with E-state index in [1.807, 2.05) is 0 Å². The maximum Gasteiger partial charge on any atom is 0.274 e. The quantitative estimate of drug-likeness (QED) is 0.642. The Kier molecular flexibility index (Phi) is 5.84. The van der Waals surface area contributed by atoms with Crippen LogP contribution in [0.15, 0.2) is 71.8 Å². The van der Waals surface area contributed by atoms with Gasteiger partial charge in [0.1, 0.15) is 11.6 Å². The summed E-state index contributed by atoms with van der Waals surface area (Å²) in [7, 11) is -3.46. The molecule has 3 rings (SSSR count). The van der Waals surface area contributed by atoms with E-state index in [4.69, 9.17) is 4.74 Å². The fourth-order valence-electron chi connectivity index (χ4n) is 2.71. The molecule has 0 bridgehead atoms. The average Bonchev–Trinajstić information content (AvgIpc) is 2.70. The zero-order valence-corrected chi connectivity index (χ0v) is 16.9. The lowest BCUT2D eigenvalue weighted by Crippen LogP contribution is -2.43. The molecule has 0 aliphatic heterocycles. The van der Waals surface area contributed by atoms with Gasteiger partial charge in [0, 0.05) is 24.1 Å². The van der Waals surface area contributed by atoms with Crippen molar-refractivity contribution in [2.45, 2.75) is 17.4 Å². The van der Waals surface area contributed by atoms with E-state index in [0.29, 0.717) is 6.07 Å². The number of anilines is 1. The molecule has 1 atom stereocenters. The number of benzene rings is 2. The summed E-state index contributed by atoms with van der Waals surface area (Å²) in [6.07, 6.45) is 2.54. The number of carbonyl (C=O) groups is 1. The number of aromatic nitrogens is 1. The molecule has 1 heterocycles. The zero-order valence-electron chi connectivity index (χ0n) is 16.1. The second-order valence-electron chi connectivity index (χ2n) is 6.68. The van der Waals surface area contributed by atoms with Crippen molar-refractivity contribution < 1.29 is 26.7 Å². The van der Waals surface area contributed by atoms with Gasteiger partial charge in [0.2, 0.25) is 5.60 Å². The third-order valence-electron chi connectivity index (χ3n) is 4.38. The number of halogens is 2. The first kappa shape index (κ1) is 21.4. The number of sulfone groups is 1. The van der Waals surface area contributed by atoms with Crippen LogP contribution in [0.5, 0.6) is 5.75 Å². The highest BCUT2D eigenvalue weighted by Gasteiger charge is 2.39. The molecule has 3 aromatic rings. The summed E-state index contributed by atoms with van der Waals surface area (Å²) in [5.74, 6) is -2.57. The van der Waals surface area contributed by atoms with Crippen LogP contribution in [0, 0.1) is 11.6 Å². The maximum atomic E-state index is 14.2. The molecular formula is C21H18F2N2O4S. The fourth-order valence-corrected chi connectivity index (χ4v) is 3.34. The molecule has 1 aromatic heterocycles. The highest BCUT2D eigenvalue weighted by molar-refractivity contribution is 7.90. The fraction of sp³-hybridized carbons (Fsp3) is 0.143. The second-order valence-corrected chi connectivity index (χ2v) is 8.69. The Morgan fingerprint density at radius 3 is 2.33 bits per heavy atom. The molecule has 30 heavy (non-hydrogen) atoms. The van der Waals surface area contributed by atoms with Gasteiger partial charge in [0.05, 0.1) is 4.90 Å². The predicted octanol–water partition coefficient (Wildman–Crippen LogP) is 3.70. The number of nitrogens with zero attached hydrogens (tertiary/aromatic N) is 1. The number of hydrogen-bond acceptors (Lipinski definition) is 5. The Hall–Kier alpha value is -3.33. The zero-order chi connectivity index (χ0) is 21.9. The van der Waals surface area contributed by atoms with Crippen molar-refractivity contribution in [3.8, 4) is 5.75 Å². The summed E-state index contributed by atoms with van der Waals surface area (Å²) in [4.78, 5) is 17.2. The monoisotopic (exact) mass is 432 g/mol. The van der Waals surface area contributed by atoms with Gasteiger partial charge in [-0.25, -0.2) is 22.2 Å². The molecule has 0 saturated heterocycles. The number of nitrogens with one attached hydrogen (secondary N) is 1. The Morgan fingerprint density at radius 2 is 1.77 bits per heavy atom. The van der Waals surface area contributed by atoms with E-state index >= 15 is 0 Å². The highest BCUT2D eigenvalue weighted by Crippen LogP contribution is 2.32. The summed E-state index contributed by atoms with van der Waals surface area (Å²) in [5, 5.41) is 2.59. The van der Waals surface area contributed by atoms with Gasteiger partial charge >= 0.3 is 0 Å². The molecule has 2 aromatic carbocycles. The number of pyridine rings is 1. The van der Waals surface area contributed by atoms with Crippen molar-refractivity contribution in [1.29, 1.82) is 0 Å². The molecule has 1 amide bonds. The summed E-state index contributed by atoms with van der Waals surface area (Å²) < 4.78 is 56.7. The molecule has 1 N–H and O–H groups in total. The Bertz CT molecular complexity index is 1170. The lowest BCUT2D eigenvalue weighted by atomic mass is 9.94. The normalized spacial score (nSPS) is 13.3. The molecule has 0 fully saturated rings. The van der Waals surface area contributed by atoms with Crippen molar-refractivity contribution >= 4 is 21.6 Å². The first-order valence-electron chi connectivity index (χ1n) is 8.77. The average molecular weight is 432 g/mol. The minimum atomic E-state index is -3.46. The number of rotatable bonds is 6. The summed E-state index contributed by atoms with van der Waals surface area (Å²) in [5.41, 5.74) is -1.53. The van der Waals surface area contributed by atoms with Gasteiger partial charge in [-0.15, -0.1) is 0 Å². The maximum absolute atomic E-state index is 14.2. The third kappa shape index (κ3) is 4.62. The van der Waals surface area contributed by atoms with Crippen molar-refractivity contribution in [3.05, 3.63) is 84.1 Å². The minimum absolute atomic E-state index is 0.0479. The summed E-state index contributed by atoms with van der Waals surface area (Å²) >= 11 is 0. The van der Waals surface area contributed by atoms with Crippen LogP contribution in [-0.2, 0) is 20.2 Å². The Labute approximate surface area is 172 Å². The Balaban J connectivity index is 2.04. The number of ether oxygens (including phenoxy) is 1. The van der Waals surface area contributed by atoms with E-state index in [1.165, 1.54) is 37.4 Å². The van der Waals surface area contributed by atoms with Crippen molar-refractivity contribution in [2.75, 3.05) is 11.6 Å². The molecule has 0 saturated carbocycles. The third-order valence-corrected chi connectivity index (χ3v) is 5.51. The molecular weight excluding hydrogens is 414 g/mol. The van der Waals surface area contributed by atoms with E-state index in [9.17, 15) is 22.0 Å². The molecule has 1 unspecified atom stereocenters. The molecule has 0 spiro atoms. The topological polar surface area (TPSA) is 85.4 Å². The lowest BCUT2D eigenvalue weighted by Gasteiger charge is -2.30. The Morgan fingerprint density at radius 1 is 1.07 bits per heavy atom. The first-order chi connectivity index (χ1) is 14.1. The van der Waals surface area contributed by atoms with Crippen LogP contribution in [0.1, 0.15) is 12.5 Å². The largest absolute Gasteiger partial charge is 0.470 e. The minimum Gasteiger partial charge on any atom is -0.470 e. The molecule has 6 nitrogen and oxygen atoms in total. The molecule has 0 aliphatic rings. The van der Waals surface area contributed by atoms with Crippen LogP contribution in [0.4, 0.5) is 14.6 Å². The van der Waals surface area contributed by atoms with E-state index in [2.05, 4.69) is 10.3 Å². The van der Waals surface area contributed by atoms with Crippen LogP contribution in [0.3, 0.4) is 0 Å². The standard InChI is InChI=1S/C21H18F2N2O4S/c1-21(20(26)25-19-5-3-4-12-24-19,29-18-11-8-15(22)13-17(18)23)14-6-9-16(10-7-14)30(2,27)28/h3-13H,1-2H3,(H,24,25,26). The molecule has 0 radical (unpaired) electrons. The second kappa shape index (κ2) is 8.19. The van der Waals surface area contributed by atoms with Gasteiger partial charge in [-0.1, -0.05) is 18.2 Å². The van der Waals surface area contributed by atoms with Crippen LogP contribution < -0.4 is 10.1 Å². The van der Waals surface area contributed by atoms with Gasteiger partial charge in [-0.05, 0) is 43.3 Å². The van der Waals surface area contributed by atoms with Gasteiger partial charge in [0.15, 0.2) is 21.4 Å². The SMILES string of the molecule is CC(Oc1ccc(F)cc1F)(C(=O)Nc1ccccn1)c1ccc(S(C)(=O)=O)cc1. The summed E-state index contributed by atoms with van der Waals surface area (Å²) in [6.45, 7) is 1.39. The molecule has 9 heteroatoms. The lowest BCUT2D eigenvalue weighted by molar-refractivity contribution is -0.130. The predicted molar refractivity (Wildman–Crippen MR) is 107 cm³/mol. The van der Waals surface area contributed by atoms with Crippen LogP contribution in [0.25, 0.3) is 0 Å². The van der Waals surface area contributed by atoms with Gasteiger partial charge < -0.3 is 10.1 Å².